The molecule has 1 N–H and O–H groups in total. The van der Waals surface area contributed by atoms with Crippen LogP contribution in [0.3, 0.4) is 0 Å². The van der Waals surface area contributed by atoms with Crippen molar-refractivity contribution in [1.29, 1.82) is 0 Å². The van der Waals surface area contributed by atoms with E-state index in [0.29, 0.717) is 6.04 Å². The molecule has 4 nitrogen and oxygen atoms in total. The topological polar surface area (TPSA) is 33.1 Å². The summed E-state index contributed by atoms with van der Waals surface area (Å²) in [6.07, 6.45) is 0. The lowest BCUT2D eigenvalue weighted by molar-refractivity contribution is 0.296. The van der Waals surface area contributed by atoms with Gasteiger partial charge in [-0.3, -0.25) is 4.68 Å². The molecule has 0 aliphatic carbocycles. The predicted octanol–water partition coefficient (Wildman–Crippen LogP) is 2.22. The molecule has 1 aliphatic rings. The lowest BCUT2D eigenvalue weighted by atomic mass is 10.1. The number of hydrogen-bond acceptors (Lipinski definition) is 4. The third-order valence-electron chi connectivity index (χ3n) is 4.15. The van der Waals surface area contributed by atoms with Crippen molar-refractivity contribution < 1.29 is 0 Å². The van der Waals surface area contributed by atoms with Gasteiger partial charge in [0.25, 0.3) is 0 Å². The van der Waals surface area contributed by atoms with Crippen LogP contribution in [0.2, 0.25) is 0 Å². The zero-order chi connectivity index (χ0) is 14.5. The number of aryl methyl sites for hydroxylation is 2. The third kappa shape index (κ3) is 3.77. The Kier molecular flexibility index (Phi) is 5.93. The minimum atomic E-state index is 0.384. The maximum absolute atomic E-state index is 4.61. The fourth-order valence-corrected chi connectivity index (χ4v) is 3.99. The summed E-state index contributed by atoms with van der Waals surface area (Å²) < 4.78 is 2.10. The van der Waals surface area contributed by atoms with Gasteiger partial charge in [-0.15, -0.1) is 0 Å². The fraction of sp³-hybridized carbons (Fsp3) is 0.800. The van der Waals surface area contributed by atoms with Crippen LogP contribution in [0.25, 0.3) is 0 Å². The van der Waals surface area contributed by atoms with Crippen LogP contribution in [0.15, 0.2) is 0 Å². The second kappa shape index (κ2) is 7.48. The number of rotatable bonds is 6. The van der Waals surface area contributed by atoms with E-state index in [1.807, 2.05) is 0 Å². The molecule has 1 fully saturated rings. The smallest absolute Gasteiger partial charge is 0.0644 e. The first kappa shape index (κ1) is 15.9. The van der Waals surface area contributed by atoms with Gasteiger partial charge >= 0.3 is 0 Å². The fourth-order valence-electron chi connectivity index (χ4n) is 3.01. The Labute approximate surface area is 127 Å². The largest absolute Gasteiger partial charge is 0.309 e. The quantitative estimate of drug-likeness (QED) is 0.872. The van der Waals surface area contributed by atoms with Gasteiger partial charge in [0.05, 0.1) is 5.69 Å². The Morgan fingerprint density at radius 1 is 1.30 bits per heavy atom. The SMILES string of the molecule is CCn1nc(C)c(C(C)NCCN2CCSCC2)c1C. The van der Waals surface area contributed by atoms with E-state index in [-0.39, 0.29) is 0 Å². The lowest BCUT2D eigenvalue weighted by Crippen LogP contribution is -2.38. The summed E-state index contributed by atoms with van der Waals surface area (Å²) in [5, 5.41) is 8.27. The summed E-state index contributed by atoms with van der Waals surface area (Å²) in [5.74, 6) is 2.58. The monoisotopic (exact) mass is 296 g/mol. The number of nitrogens with one attached hydrogen (secondary N) is 1. The average Bonchev–Trinajstić information content (AvgIpc) is 2.74. The van der Waals surface area contributed by atoms with Crippen molar-refractivity contribution in [2.45, 2.75) is 40.3 Å². The van der Waals surface area contributed by atoms with Gasteiger partial charge in [-0.1, -0.05) is 0 Å². The van der Waals surface area contributed by atoms with Crippen LogP contribution in [0.1, 0.15) is 36.8 Å². The third-order valence-corrected chi connectivity index (χ3v) is 5.09. The van der Waals surface area contributed by atoms with Crippen LogP contribution in [0.4, 0.5) is 0 Å². The molecule has 0 aromatic carbocycles. The molecular formula is C15H28N4S. The summed E-state index contributed by atoms with van der Waals surface area (Å²) in [6.45, 7) is 14.4. The maximum atomic E-state index is 4.61. The summed E-state index contributed by atoms with van der Waals surface area (Å²) in [6, 6.07) is 0.384. The van der Waals surface area contributed by atoms with Crippen LogP contribution in [-0.2, 0) is 6.54 Å². The number of aromatic nitrogens is 2. The Morgan fingerprint density at radius 3 is 2.60 bits per heavy atom. The molecule has 0 bridgehead atoms. The zero-order valence-electron chi connectivity index (χ0n) is 13.3. The summed E-state index contributed by atoms with van der Waals surface area (Å²) in [7, 11) is 0. The van der Waals surface area contributed by atoms with Crippen molar-refractivity contribution in [3.05, 3.63) is 17.0 Å². The van der Waals surface area contributed by atoms with Gasteiger partial charge in [-0.25, -0.2) is 0 Å². The molecule has 1 aromatic rings. The minimum Gasteiger partial charge on any atom is -0.309 e. The van der Waals surface area contributed by atoms with Gasteiger partial charge < -0.3 is 10.2 Å². The van der Waals surface area contributed by atoms with Crippen molar-refractivity contribution in [3.63, 3.8) is 0 Å². The van der Waals surface area contributed by atoms with Crippen molar-refractivity contribution in [3.8, 4) is 0 Å². The first-order valence-electron chi connectivity index (χ1n) is 7.70. The van der Waals surface area contributed by atoms with Crippen molar-refractivity contribution in [2.24, 2.45) is 0 Å². The second-order valence-corrected chi connectivity index (χ2v) is 6.75. The highest BCUT2D eigenvalue weighted by molar-refractivity contribution is 7.99. The van der Waals surface area contributed by atoms with E-state index in [9.17, 15) is 0 Å². The minimum absolute atomic E-state index is 0.384. The summed E-state index contributed by atoms with van der Waals surface area (Å²) in [4.78, 5) is 2.56. The molecule has 0 amide bonds. The molecule has 20 heavy (non-hydrogen) atoms. The highest BCUT2D eigenvalue weighted by Crippen LogP contribution is 2.21. The highest BCUT2D eigenvalue weighted by atomic mass is 32.2. The molecule has 0 spiro atoms. The molecule has 5 heteroatoms. The molecule has 1 saturated heterocycles. The van der Waals surface area contributed by atoms with E-state index in [4.69, 9.17) is 0 Å². The standard InChI is InChI=1S/C15H28N4S/c1-5-19-14(4)15(13(3)17-19)12(2)16-6-7-18-8-10-20-11-9-18/h12,16H,5-11H2,1-4H3. The average molecular weight is 296 g/mol. The van der Waals surface area contributed by atoms with Gasteiger partial charge in [0, 0.05) is 61.5 Å². The first-order chi connectivity index (χ1) is 9.63. The molecule has 114 valence electrons. The molecule has 1 aromatic heterocycles. The molecule has 0 saturated carbocycles. The highest BCUT2D eigenvalue weighted by Gasteiger charge is 2.17. The van der Waals surface area contributed by atoms with Crippen LogP contribution < -0.4 is 5.32 Å². The number of thioether (sulfide) groups is 1. The molecule has 1 aliphatic heterocycles. The number of nitrogens with zero attached hydrogens (tertiary/aromatic N) is 3. The van der Waals surface area contributed by atoms with Gasteiger partial charge in [0.15, 0.2) is 0 Å². The van der Waals surface area contributed by atoms with Crippen LogP contribution >= 0.6 is 11.8 Å². The second-order valence-electron chi connectivity index (χ2n) is 5.53. The van der Waals surface area contributed by atoms with Gasteiger partial charge in [0.2, 0.25) is 0 Å². The molecule has 2 rings (SSSR count). The van der Waals surface area contributed by atoms with Gasteiger partial charge in [0.1, 0.15) is 0 Å². The van der Waals surface area contributed by atoms with Crippen LogP contribution in [0, 0.1) is 13.8 Å². The van der Waals surface area contributed by atoms with Crippen LogP contribution in [0.5, 0.6) is 0 Å². The van der Waals surface area contributed by atoms with Crippen molar-refractivity contribution in [2.75, 3.05) is 37.7 Å². The van der Waals surface area contributed by atoms with E-state index in [0.717, 1.165) is 19.6 Å². The van der Waals surface area contributed by atoms with E-state index >= 15 is 0 Å². The Bertz CT molecular complexity index is 424. The molecule has 1 unspecified atom stereocenters. The van der Waals surface area contributed by atoms with Gasteiger partial charge in [-0.2, -0.15) is 16.9 Å². The summed E-state index contributed by atoms with van der Waals surface area (Å²) in [5.41, 5.74) is 3.85. The van der Waals surface area contributed by atoms with Crippen molar-refractivity contribution in [1.82, 2.24) is 20.0 Å². The molecule has 2 heterocycles. The molecule has 0 radical (unpaired) electrons. The van der Waals surface area contributed by atoms with Crippen molar-refractivity contribution >= 4 is 11.8 Å². The normalized spacial score (nSPS) is 18.4. The predicted molar refractivity (Wildman–Crippen MR) is 87.6 cm³/mol. The van der Waals surface area contributed by atoms with E-state index < -0.39 is 0 Å². The zero-order valence-corrected chi connectivity index (χ0v) is 14.1. The molecule has 1 atom stereocenters. The Balaban J connectivity index is 1.85. The first-order valence-corrected chi connectivity index (χ1v) is 8.86. The van der Waals surface area contributed by atoms with E-state index in [2.05, 4.69) is 59.5 Å². The van der Waals surface area contributed by atoms with E-state index in [1.165, 1.54) is 41.5 Å². The Morgan fingerprint density at radius 2 is 2.00 bits per heavy atom. The van der Waals surface area contributed by atoms with Gasteiger partial charge in [-0.05, 0) is 27.7 Å². The van der Waals surface area contributed by atoms with Crippen LogP contribution in [-0.4, -0.2) is 52.4 Å². The maximum Gasteiger partial charge on any atom is 0.0644 e. The summed E-state index contributed by atoms with van der Waals surface area (Å²) >= 11 is 2.07. The number of hydrogen-bond donors (Lipinski definition) is 1. The lowest BCUT2D eigenvalue weighted by Gasteiger charge is -2.27. The Hall–Kier alpha value is -0.520. The molecular weight excluding hydrogens is 268 g/mol. The van der Waals surface area contributed by atoms with E-state index in [1.54, 1.807) is 0 Å².